The van der Waals surface area contributed by atoms with Crippen LogP contribution in [0.2, 0.25) is 0 Å². The molecular weight excluding hydrogens is 286 g/mol. The maximum atomic E-state index is 12.5. The number of aryl methyl sites for hydroxylation is 1. The van der Waals surface area contributed by atoms with Crippen LogP contribution in [0, 0.1) is 5.92 Å². The molecule has 0 amide bonds. The average Bonchev–Trinajstić information content (AvgIpc) is 2.98. The van der Waals surface area contributed by atoms with E-state index in [0.29, 0.717) is 17.4 Å². The van der Waals surface area contributed by atoms with Crippen LogP contribution >= 0.6 is 0 Å². The van der Waals surface area contributed by atoms with Crippen molar-refractivity contribution in [1.82, 2.24) is 14.6 Å². The highest BCUT2D eigenvalue weighted by Gasteiger charge is 2.27. The molecule has 1 aromatic rings. The van der Waals surface area contributed by atoms with E-state index in [4.69, 9.17) is 0 Å². The topological polar surface area (TPSA) is 63.1 Å². The number of nitrogens with one attached hydrogen (secondary N) is 2. The van der Waals surface area contributed by atoms with Crippen molar-refractivity contribution in [2.75, 3.05) is 7.05 Å². The molecule has 1 aliphatic rings. The van der Waals surface area contributed by atoms with Crippen LogP contribution < -0.4 is 10.0 Å². The number of sulfonamides is 1. The predicted octanol–water partition coefficient (Wildman–Crippen LogP) is 2.08. The molecule has 0 aromatic carbocycles. The first-order valence-corrected chi connectivity index (χ1v) is 9.30. The third-order valence-corrected chi connectivity index (χ3v) is 5.60. The van der Waals surface area contributed by atoms with Crippen molar-refractivity contribution in [3.63, 3.8) is 0 Å². The highest BCUT2D eigenvalue weighted by molar-refractivity contribution is 7.89. The Hall–Kier alpha value is -0.850. The molecule has 1 fully saturated rings. The average molecular weight is 313 g/mol. The Labute approximate surface area is 128 Å². The van der Waals surface area contributed by atoms with E-state index in [-0.39, 0.29) is 6.04 Å². The lowest BCUT2D eigenvalue weighted by Crippen LogP contribution is -2.32. The van der Waals surface area contributed by atoms with Crippen molar-refractivity contribution in [1.29, 1.82) is 0 Å². The fourth-order valence-corrected chi connectivity index (χ4v) is 4.40. The maximum Gasteiger partial charge on any atom is 0.242 e. The minimum atomic E-state index is -3.40. The van der Waals surface area contributed by atoms with Gasteiger partial charge in [-0.15, -0.1) is 0 Å². The van der Waals surface area contributed by atoms with Crippen molar-refractivity contribution in [2.24, 2.45) is 5.92 Å². The van der Waals surface area contributed by atoms with Crippen molar-refractivity contribution in [3.8, 4) is 0 Å². The zero-order valence-electron chi connectivity index (χ0n) is 13.2. The summed E-state index contributed by atoms with van der Waals surface area (Å²) in [4.78, 5) is 0.390. The molecule has 2 unspecified atom stereocenters. The zero-order chi connectivity index (χ0) is 15.5. The molecule has 0 saturated heterocycles. The van der Waals surface area contributed by atoms with Crippen molar-refractivity contribution in [2.45, 2.75) is 63.6 Å². The first-order chi connectivity index (χ1) is 9.96. The second-order valence-electron chi connectivity index (χ2n) is 6.13. The number of hydrogen-bond donors (Lipinski definition) is 2. The van der Waals surface area contributed by atoms with E-state index in [0.717, 1.165) is 37.9 Å². The molecule has 0 radical (unpaired) electrons. The molecule has 1 aliphatic carbocycles. The molecule has 2 atom stereocenters. The lowest BCUT2D eigenvalue weighted by molar-refractivity contribution is 0.538. The second kappa shape index (κ2) is 6.94. The Bertz CT molecular complexity index is 542. The molecule has 1 saturated carbocycles. The first-order valence-electron chi connectivity index (χ1n) is 7.82. The van der Waals surface area contributed by atoms with Crippen LogP contribution in [0.4, 0.5) is 0 Å². The van der Waals surface area contributed by atoms with Crippen molar-refractivity contribution in [3.05, 3.63) is 18.0 Å². The quantitative estimate of drug-likeness (QED) is 0.810. The van der Waals surface area contributed by atoms with Gasteiger partial charge in [0.25, 0.3) is 0 Å². The Morgan fingerprint density at radius 1 is 1.38 bits per heavy atom. The van der Waals surface area contributed by atoms with Crippen LogP contribution in [0.25, 0.3) is 0 Å². The predicted molar refractivity (Wildman–Crippen MR) is 84.6 cm³/mol. The van der Waals surface area contributed by atoms with Crippen LogP contribution in [0.15, 0.2) is 17.2 Å². The number of hydrogen-bond acceptors (Lipinski definition) is 3. The summed E-state index contributed by atoms with van der Waals surface area (Å²) in [6.07, 6.45) is 5.74. The smallest absolute Gasteiger partial charge is 0.242 e. The number of rotatable bonds is 7. The molecule has 2 N–H and O–H groups in total. The van der Waals surface area contributed by atoms with E-state index in [1.807, 2.05) is 11.6 Å². The molecule has 1 heterocycles. The van der Waals surface area contributed by atoms with Gasteiger partial charge in [0.15, 0.2) is 0 Å². The van der Waals surface area contributed by atoms with Gasteiger partial charge in [0.2, 0.25) is 10.0 Å². The monoisotopic (exact) mass is 313 g/mol. The minimum Gasteiger partial charge on any atom is -0.349 e. The zero-order valence-corrected chi connectivity index (χ0v) is 14.0. The van der Waals surface area contributed by atoms with Crippen molar-refractivity contribution >= 4 is 10.0 Å². The van der Waals surface area contributed by atoms with Gasteiger partial charge < -0.3 is 9.88 Å². The van der Waals surface area contributed by atoms with E-state index < -0.39 is 10.0 Å². The highest BCUT2D eigenvalue weighted by Crippen LogP contribution is 2.26. The van der Waals surface area contributed by atoms with Crippen LogP contribution in [0.1, 0.15) is 45.2 Å². The SMILES string of the molecule is CCCn1cc(S(=O)(=O)NC2CCC(C)C2)cc1CNC. The summed E-state index contributed by atoms with van der Waals surface area (Å²) in [6.45, 7) is 5.79. The third kappa shape index (κ3) is 4.08. The molecule has 0 aliphatic heterocycles. The lowest BCUT2D eigenvalue weighted by Gasteiger charge is -2.11. The van der Waals surface area contributed by atoms with E-state index in [1.165, 1.54) is 0 Å². The summed E-state index contributed by atoms with van der Waals surface area (Å²) in [5.74, 6) is 0.613. The highest BCUT2D eigenvalue weighted by atomic mass is 32.2. The van der Waals surface area contributed by atoms with E-state index in [2.05, 4.69) is 23.9 Å². The van der Waals surface area contributed by atoms with Crippen LogP contribution in [-0.2, 0) is 23.1 Å². The standard InChI is InChI=1S/C15H27N3O2S/c1-4-7-18-11-15(9-14(18)10-16-3)21(19,20)17-13-6-5-12(2)8-13/h9,11-13,16-17H,4-8,10H2,1-3H3. The van der Waals surface area contributed by atoms with Gasteiger partial charge in [0.05, 0.1) is 4.90 Å². The third-order valence-electron chi connectivity index (χ3n) is 4.11. The van der Waals surface area contributed by atoms with Crippen LogP contribution in [-0.4, -0.2) is 26.1 Å². The second-order valence-corrected chi connectivity index (χ2v) is 7.84. The number of nitrogens with zero attached hydrogens (tertiary/aromatic N) is 1. The van der Waals surface area contributed by atoms with Gasteiger partial charge in [-0.1, -0.05) is 13.8 Å². The molecule has 0 bridgehead atoms. The molecule has 1 aromatic heterocycles. The van der Waals surface area contributed by atoms with Crippen molar-refractivity contribution < 1.29 is 8.42 Å². The summed E-state index contributed by atoms with van der Waals surface area (Å²) in [5, 5.41) is 3.09. The van der Waals surface area contributed by atoms with Gasteiger partial charge in [-0.2, -0.15) is 0 Å². The van der Waals surface area contributed by atoms with Gasteiger partial charge in [-0.3, -0.25) is 0 Å². The molecular formula is C15H27N3O2S. The molecule has 120 valence electrons. The fourth-order valence-electron chi connectivity index (χ4n) is 3.05. The van der Waals surface area contributed by atoms with Crippen LogP contribution in [0.3, 0.4) is 0 Å². The Balaban J connectivity index is 2.17. The summed E-state index contributed by atoms with van der Waals surface area (Å²) < 4.78 is 29.9. The number of aromatic nitrogens is 1. The van der Waals surface area contributed by atoms with Gasteiger partial charge in [-0.25, -0.2) is 13.1 Å². The lowest BCUT2D eigenvalue weighted by atomic mass is 10.1. The normalized spacial score (nSPS) is 22.8. The molecule has 5 nitrogen and oxygen atoms in total. The van der Waals surface area contributed by atoms with Gasteiger partial charge in [0.1, 0.15) is 0 Å². The molecule has 2 rings (SSSR count). The molecule has 6 heteroatoms. The summed E-state index contributed by atoms with van der Waals surface area (Å²) in [7, 11) is -1.53. The summed E-state index contributed by atoms with van der Waals surface area (Å²) in [6, 6.07) is 1.87. The van der Waals surface area contributed by atoms with E-state index in [1.54, 1.807) is 12.3 Å². The van der Waals surface area contributed by atoms with Gasteiger partial charge in [0, 0.05) is 31.0 Å². The fraction of sp³-hybridized carbons (Fsp3) is 0.733. The molecule has 21 heavy (non-hydrogen) atoms. The summed E-state index contributed by atoms with van der Waals surface area (Å²) in [5.41, 5.74) is 1.01. The van der Waals surface area contributed by atoms with Gasteiger partial charge >= 0.3 is 0 Å². The Kier molecular flexibility index (Phi) is 5.46. The Morgan fingerprint density at radius 2 is 2.14 bits per heavy atom. The molecule has 0 spiro atoms. The van der Waals surface area contributed by atoms with Gasteiger partial charge in [-0.05, 0) is 44.7 Å². The largest absolute Gasteiger partial charge is 0.349 e. The summed E-state index contributed by atoms with van der Waals surface area (Å²) >= 11 is 0. The maximum absolute atomic E-state index is 12.5. The van der Waals surface area contributed by atoms with E-state index in [9.17, 15) is 8.42 Å². The van der Waals surface area contributed by atoms with E-state index >= 15 is 0 Å². The van der Waals surface area contributed by atoms with Crippen LogP contribution in [0.5, 0.6) is 0 Å². The minimum absolute atomic E-state index is 0.0901. The Morgan fingerprint density at radius 3 is 2.71 bits per heavy atom. The first kappa shape index (κ1) is 16.5.